The molecule has 0 fully saturated rings. The maximum absolute atomic E-state index is 12.6. The zero-order chi connectivity index (χ0) is 17.7. The molecule has 0 saturated heterocycles. The van der Waals surface area contributed by atoms with Crippen LogP contribution in [0.25, 0.3) is 0 Å². The van der Waals surface area contributed by atoms with Crippen LogP contribution in [-0.4, -0.2) is 27.5 Å². The van der Waals surface area contributed by atoms with Gasteiger partial charge in [0.1, 0.15) is 0 Å². The van der Waals surface area contributed by atoms with E-state index in [1.165, 1.54) is 12.1 Å². The number of amides is 2. The summed E-state index contributed by atoms with van der Waals surface area (Å²) in [6, 6.07) is 3.83. The first kappa shape index (κ1) is 17.8. The lowest BCUT2D eigenvalue weighted by Gasteiger charge is -2.14. The van der Waals surface area contributed by atoms with Gasteiger partial charge in [0.05, 0.1) is 17.9 Å². The van der Waals surface area contributed by atoms with Crippen LogP contribution in [0.2, 0.25) is 0 Å². The van der Waals surface area contributed by atoms with Gasteiger partial charge in [-0.05, 0) is 17.7 Å². The van der Waals surface area contributed by atoms with Crippen LogP contribution in [0.3, 0.4) is 0 Å². The molecule has 0 saturated carbocycles. The number of carbonyl (C=O) groups is 1. The van der Waals surface area contributed by atoms with Gasteiger partial charge in [0.2, 0.25) is 0 Å². The van der Waals surface area contributed by atoms with Crippen molar-refractivity contribution in [3.8, 4) is 0 Å². The number of aryl methyl sites for hydroxylation is 1. The van der Waals surface area contributed by atoms with Gasteiger partial charge in [-0.15, -0.1) is 0 Å². The van der Waals surface area contributed by atoms with Gasteiger partial charge in [0.25, 0.3) is 0 Å². The number of carbonyl (C=O) groups excluding carboxylic acids is 1. The van der Waals surface area contributed by atoms with E-state index < -0.39 is 23.9 Å². The second kappa shape index (κ2) is 7.35. The number of nitrogens with one attached hydrogen (secondary N) is 2. The number of hydrogen-bond donors (Lipinski definition) is 3. The molecule has 1 aromatic carbocycles. The van der Waals surface area contributed by atoms with Crippen LogP contribution in [0.15, 0.2) is 36.7 Å². The van der Waals surface area contributed by atoms with E-state index in [0.29, 0.717) is 0 Å². The SMILES string of the molecule is Cn1cc(CNC(=O)NC[C@@H](O)c2cccc(C(F)(F)F)c2)cn1. The standard InChI is InChI=1S/C15H17F3N4O2/c1-22-9-10(7-21-22)6-19-14(24)20-8-13(23)11-3-2-4-12(5-11)15(16,17)18/h2-5,7,9,13,23H,6,8H2,1H3,(H2,19,20,24)/t13-/m1/s1. The number of halogens is 3. The smallest absolute Gasteiger partial charge is 0.387 e. The third kappa shape index (κ3) is 4.98. The van der Waals surface area contributed by atoms with Gasteiger partial charge in [0, 0.05) is 31.9 Å². The van der Waals surface area contributed by atoms with Crippen LogP contribution >= 0.6 is 0 Å². The van der Waals surface area contributed by atoms with Crippen molar-refractivity contribution < 1.29 is 23.1 Å². The van der Waals surface area contributed by atoms with Crippen molar-refractivity contribution >= 4 is 6.03 Å². The van der Waals surface area contributed by atoms with Gasteiger partial charge in [-0.3, -0.25) is 4.68 Å². The molecule has 0 aliphatic carbocycles. The maximum atomic E-state index is 12.6. The Balaban J connectivity index is 1.84. The second-order valence-electron chi connectivity index (χ2n) is 5.22. The lowest BCUT2D eigenvalue weighted by molar-refractivity contribution is -0.137. The molecule has 2 aromatic rings. The predicted molar refractivity (Wildman–Crippen MR) is 79.9 cm³/mol. The normalized spacial score (nSPS) is 12.7. The first-order chi connectivity index (χ1) is 11.3. The lowest BCUT2D eigenvalue weighted by Crippen LogP contribution is -2.37. The number of hydrogen-bond acceptors (Lipinski definition) is 3. The average Bonchev–Trinajstić information content (AvgIpc) is 2.95. The highest BCUT2D eigenvalue weighted by Crippen LogP contribution is 2.30. The largest absolute Gasteiger partial charge is 0.416 e. The van der Waals surface area contributed by atoms with Crippen molar-refractivity contribution in [3.63, 3.8) is 0 Å². The molecule has 130 valence electrons. The molecule has 0 spiro atoms. The van der Waals surface area contributed by atoms with Crippen molar-refractivity contribution in [2.24, 2.45) is 7.05 Å². The third-order valence-corrected chi connectivity index (χ3v) is 3.27. The molecule has 1 heterocycles. The zero-order valence-electron chi connectivity index (χ0n) is 12.8. The molecule has 1 atom stereocenters. The molecule has 2 rings (SSSR count). The Morgan fingerprint density at radius 1 is 1.38 bits per heavy atom. The Labute approximate surface area is 136 Å². The summed E-state index contributed by atoms with van der Waals surface area (Å²) in [5.41, 5.74) is 0.0311. The fraction of sp³-hybridized carbons (Fsp3) is 0.333. The van der Waals surface area contributed by atoms with Crippen molar-refractivity contribution in [2.45, 2.75) is 18.8 Å². The second-order valence-corrected chi connectivity index (χ2v) is 5.22. The Bertz CT molecular complexity index is 700. The summed E-state index contributed by atoms with van der Waals surface area (Å²) in [6.07, 6.45) is -2.39. The maximum Gasteiger partial charge on any atom is 0.416 e. The molecule has 2 amide bonds. The molecule has 1 aromatic heterocycles. The first-order valence-electron chi connectivity index (χ1n) is 7.10. The fourth-order valence-electron chi connectivity index (χ4n) is 2.04. The molecule has 9 heteroatoms. The molecule has 0 unspecified atom stereocenters. The topological polar surface area (TPSA) is 79.2 Å². The van der Waals surface area contributed by atoms with Gasteiger partial charge in [-0.25, -0.2) is 4.79 Å². The first-order valence-corrected chi connectivity index (χ1v) is 7.10. The zero-order valence-corrected chi connectivity index (χ0v) is 12.8. The fourth-order valence-corrected chi connectivity index (χ4v) is 2.04. The molecular formula is C15H17F3N4O2. The van der Waals surface area contributed by atoms with Crippen LogP contribution in [-0.2, 0) is 19.8 Å². The van der Waals surface area contributed by atoms with Gasteiger partial charge in [-0.1, -0.05) is 12.1 Å². The number of alkyl halides is 3. The van der Waals surface area contributed by atoms with E-state index in [4.69, 9.17) is 0 Å². The Kier molecular flexibility index (Phi) is 5.45. The summed E-state index contributed by atoms with van der Waals surface area (Å²) < 4.78 is 39.5. The number of aromatic nitrogens is 2. The number of rotatable bonds is 5. The van der Waals surface area contributed by atoms with E-state index >= 15 is 0 Å². The van der Waals surface area contributed by atoms with Crippen molar-refractivity contribution in [3.05, 3.63) is 53.3 Å². The average molecular weight is 342 g/mol. The number of benzene rings is 1. The van der Waals surface area contributed by atoms with Gasteiger partial charge >= 0.3 is 12.2 Å². The van der Waals surface area contributed by atoms with Gasteiger partial charge in [0.15, 0.2) is 0 Å². The molecule has 3 N–H and O–H groups in total. The number of aliphatic hydroxyl groups is 1. The lowest BCUT2D eigenvalue weighted by atomic mass is 10.1. The Morgan fingerprint density at radius 3 is 2.75 bits per heavy atom. The summed E-state index contributed by atoms with van der Waals surface area (Å²) in [6.45, 7) is 0.0412. The molecule has 0 bridgehead atoms. The molecule has 0 radical (unpaired) electrons. The number of nitrogens with zero attached hydrogens (tertiary/aromatic N) is 2. The van der Waals surface area contributed by atoms with Crippen LogP contribution < -0.4 is 10.6 Å². The van der Waals surface area contributed by atoms with E-state index in [-0.39, 0.29) is 18.7 Å². The summed E-state index contributed by atoms with van der Waals surface area (Å²) in [5, 5.41) is 18.8. The van der Waals surface area contributed by atoms with Gasteiger partial charge < -0.3 is 15.7 Å². The van der Waals surface area contributed by atoms with E-state index in [1.54, 1.807) is 24.1 Å². The van der Waals surface area contributed by atoms with Crippen molar-refractivity contribution in [2.75, 3.05) is 6.54 Å². The number of aliphatic hydroxyl groups excluding tert-OH is 1. The highest BCUT2D eigenvalue weighted by Gasteiger charge is 2.30. The van der Waals surface area contributed by atoms with Gasteiger partial charge in [-0.2, -0.15) is 18.3 Å². The third-order valence-electron chi connectivity index (χ3n) is 3.27. The van der Waals surface area contributed by atoms with E-state index in [0.717, 1.165) is 17.7 Å². The summed E-state index contributed by atoms with van der Waals surface area (Å²) in [7, 11) is 1.75. The minimum Gasteiger partial charge on any atom is -0.387 e. The predicted octanol–water partition coefficient (Wildman–Crippen LogP) is 1.97. The molecular weight excluding hydrogens is 325 g/mol. The molecule has 0 aliphatic rings. The van der Waals surface area contributed by atoms with E-state index in [9.17, 15) is 23.1 Å². The summed E-state index contributed by atoms with van der Waals surface area (Å²) >= 11 is 0. The van der Waals surface area contributed by atoms with Crippen LogP contribution in [0, 0.1) is 0 Å². The minimum absolute atomic E-state index is 0.0809. The van der Waals surface area contributed by atoms with Crippen LogP contribution in [0.1, 0.15) is 22.8 Å². The van der Waals surface area contributed by atoms with Crippen molar-refractivity contribution in [1.29, 1.82) is 0 Å². The van der Waals surface area contributed by atoms with E-state index in [1.807, 2.05) is 0 Å². The summed E-state index contributed by atoms with van der Waals surface area (Å²) in [5.74, 6) is 0. The molecule has 0 aliphatic heterocycles. The molecule has 6 nitrogen and oxygen atoms in total. The number of urea groups is 1. The molecule has 24 heavy (non-hydrogen) atoms. The Morgan fingerprint density at radius 2 is 2.12 bits per heavy atom. The highest BCUT2D eigenvalue weighted by molar-refractivity contribution is 5.73. The van der Waals surface area contributed by atoms with Crippen LogP contribution in [0.5, 0.6) is 0 Å². The monoisotopic (exact) mass is 342 g/mol. The highest BCUT2D eigenvalue weighted by atomic mass is 19.4. The summed E-state index contributed by atoms with van der Waals surface area (Å²) in [4.78, 5) is 11.6. The van der Waals surface area contributed by atoms with E-state index in [2.05, 4.69) is 15.7 Å². The quantitative estimate of drug-likeness (QED) is 0.777. The van der Waals surface area contributed by atoms with Crippen LogP contribution in [0.4, 0.5) is 18.0 Å². The van der Waals surface area contributed by atoms with Crippen molar-refractivity contribution in [1.82, 2.24) is 20.4 Å². The Hall–Kier alpha value is -2.55. The minimum atomic E-state index is -4.48.